The van der Waals surface area contributed by atoms with Crippen LogP contribution in [0.1, 0.15) is 22.9 Å². The fourth-order valence-corrected chi connectivity index (χ4v) is 3.03. The average molecular weight is 329 g/mol. The van der Waals surface area contributed by atoms with E-state index in [0.29, 0.717) is 22.7 Å². The molecule has 0 saturated heterocycles. The lowest BCUT2D eigenvalue weighted by Gasteiger charge is -2.17. The molecule has 7 nitrogen and oxygen atoms in total. The number of carboxylic acid groups (broad SMARTS) is 1. The van der Waals surface area contributed by atoms with Gasteiger partial charge in [0.1, 0.15) is 11.6 Å². The number of hydrogen-bond donors (Lipinski definition) is 1. The number of nitrogens with zero attached hydrogens (tertiary/aromatic N) is 3. The van der Waals surface area contributed by atoms with Gasteiger partial charge in [0.15, 0.2) is 12.4 Å². The van der Waals surface area contributed by atoms with Crippen LogP contribution in [0.25, 0.3) is 0 Å². The van der Waals surface area contributed by atoms with Crippen LogP contribution >= 0.6 is 0 Å². The number of anilines is 1. The molecule has 0 radical (unpaired) electrons. The Bertz CT molecular complexity index is 812. The first-order chi connectivity index (χ1) is 11.4. The highest BCUT2D eigenvalue weighted by Crippen LogP contribution is 2.36. The van der Waals surface area contributed by atoms with Crippen molar-refractivity contribution in [2.75, 3.05) is 18.1 Å². The van der Waals surface area contributed by atoms with Crippen LogP contribution < -0.4 is 9.64 Å². The van der Waals surface area contributed by atoms with E-state index in [-0.39, 0.29) is 19.1 Å². The molecule has 0 unspecified atom stereocenters. The Labute approximate surface area is 139 Å². The predicted octanol–water partition coefficient (Wildman–Crippen LogP) is 1.63. The number of aliphatic carboxylic acids is 1. The molecule has 0 spiro atoms. The van der Waals surface area contributed by atoms with Crippen LogP contribution in [0.2, 0.25) is 0 Å². The lowest BCUT2D eigenvalue weighted by molar-refractivity contribution is -0.138. The largest absolute Gasteiger partial charge is 0.481 e. The lowest BCUT2D eigenvalue weighted by Crippen LogP contribution is -2.35. The highest BCUT2D eigenvalue weighted by molar-refractivity contribution is 5.99. The zero-order chi connectivity index (χ0) is 17.4. The molecule has 1 aliphatic rings. The Kier molecular flexibility index (Phi) is 4.01. The minimum atomic E-state index is -0.933. The Balaban J connectivity index is 1.78. The van der Waals surface area contributed by atoms with Gasteiger partial charge in [0, 0.05) is 19.3 Å². The number of rotatable bonds is 4. The van der Waals surface area contributed by atoms with E-state index in [1.54, 1.807) is 28.9 Å². The van der Waals surface area contributed by atoms with Gasteiger partial charge >= 0.3 is 5.97 Å². The Morgan fingerprint density at radius 3 is 2.67 bits per heavy atom. The molecule has 1 atom stereocenters. The standard InChI is InChI=1S/C17H19N3O4/c1-10-16(11(2)19(3)18-10)24-9-15(21)20-8-13(17(22)23)12-6-4-5-7-14(12)20/h4-7,13H,8-9H2,1-3H3,(H,22,23)/t13-/m0/s1. The second-order valence-corrected chi connectivity index (χ2v) is 5.87. The number of aromatic nitrogens is 2. The fourth-order valence-electron chi connectivity index (χ4n) is 3.03. The van der Waals surface area contributed by atoms with Gasteiger partial charge < -0.3 is 14.7 Å². The van der Waals surface area contributed by atoms with Crippen molar-refractivity contribution in [1.29, 1.82) is 0 Å². The van der Waals surface area contributed by atoms with Gasteiger partial charge in [-0.2, -0.15) is 5.10 Å². The maximum Gasteiger partial charge on any atom is 0.312 e. The fraction of sp³-hybridized carbons (Fsp3) is 0.353. The molecule has 2 aromatic rings. The molecule has 0 fully saturated rings. The second-order valence-electron chi connectivity index (χ2n) is 5.87. The maximum absolute atomic E-state index is 12.6. The lowest BCUT2D eigenvalue weighted by atomic mass is 10.0. The van der Waals surface area contributed by atoms with Gasteiger partial charge in [0.2, 0.25) is 0 Å². The molecule has 24 heavy (non-hydrogen) atoms. The summed E-state index contributed by atoms with van der Waals surface area (Å²) in [6.45, 7) is 3.65. The third-order valence-corrected chi connectivity index (χ3v) is 4.35. The van der Waals surface area contributed by atoms with E-state index in [9.17, 15) is 14.7 Å². The molecule has 126 valence electrons. The van der Waals surface area contributed by atoms with Crippen LogP contribution in [-0.2, 0) is 16.6 Å². The number of fused-ring (bicyclic) bond motifs is 1. The number of carbonyl (C=O) groups excluding carboxylic acids is 1. The van der Waals surface area contributed by atoms with Crippen molar-refractivity contribution in [1.82, 2.24) is 9.78 Å². The van der Waals surface area contributed by atoms with E-state index >= 15 is 0 Å². The molecule has 1 N–H and O–H groups in total. The first-order valence-electron chi connectivity index (χ1n) is 7.65. The zero-order valence-corrected chi connectivity index (χ0v) is 13.8. The SMILES string of the molecule is Cc1nn(C)c(C)c1OCC(=O)N1C[C@H](C(=O)O)c2ccccc21. The van der Waals surface area contributed by atoms with E-state index in [1.807, 2.05) is 20.9 Å². The molecular formula is C17H19N3O4. The van der Waals surface area contributed by atoms with Crippen LogP contribution in [0, 0.1) is 13.8 Å². The second kappa shape index (κ2) is 5.99. The van der Waals surface area contributed by atoms with Gasteiger partial charge in [0.25, 0.3) is 5.91 Å². The average Bonchev–Trinajstić information content (AvgIpc) is 3.04. The summed E-state index contributed by atoms with van der Waals surface area (Å²) in [6, 6.07) is 7.08. The minimum Gasteiger partial charge on any atom is -0.481 e. The van der Waals surface area contributed by atoms with Crippen molar-refractivity contribution < 1.29 is 19.4 Å². The molecule has 1 aromatic heterocycles. The summed E-state index contributed by atoms with van der Waals surface area (Å²) in [5.41, 5.74) is 2.85. The summed E-state index contributed by atoms with van der Waals surface area (Å²) >= 11 is 0. The molecule has 0 bridgehead atoms. The van der Waals surface area contributed by atoms with Crippen LogP contribution in [0.3, 0.4) is 0 Å². The molecule has 0 aliphatic carbocycles. The van der Waals surface area contributed by atoms with E-state index < -0.39 is 11.9 Å². The summed E-state index contributed by atoms with van der Waals surface area (Å²) < 4.78 is 7.35. The number of ether oxygens (including phenoxy) is 1. The number of carbonyl (C=O) groups is 2. The highest BCUT2D eigenvalue weighted by Gasteiger charge is 2.36. The van der Waals surface area contributed by atoms with Gasteiger partial charge in [-0.3, -0.25) is 14.3 Å². The number of aryl methyl sites for hydroxylation is 2. The van der Waals surface area contributed by atoms with Gasteiger partial charge in [0.05, 0.1) is 5.69 Å². The van der Waals surface area contributed by atoms with Gasteiger partial charge in [-0.25, -0.2) is 0 Å². The van der Waals surface area contributed by atoms with Crippen molar-refractivity contribution in [2.24, 2.45) is 7.05 Å². The van der Waals surface area contributed by atoms with Crippen molar-refractivity contribution in [3.63, 3.8) is 0 Å². The Morgan fingerprint density at radius 1 is 1.33 bits per heavy atom. The van der Waals surface area contributed by atoms with Gasteiger partial charge in [-0.05, 0) is 25.5 Å². The number of para-hydroxylation sites is 1. The molecule has 2 heterocycles. The predicted molar refractivity (Wildman–Crippen MR) is 87.3 cm³/mol. The first kappa shape index (κ1) is 16.0. The first-order valence-corrected chi connectivity index (χ1v) is 7.65. The topological polar surface area (TPSA) is 84.7 Å². The molecular weight excluding hydrogens is 310 g/mol. The summed E-state index contributed by atoms with van der Waals surface area (Å²) in [7, 11) is 1.81. The normalized spacial score (nSPS) is 16.1. The molecule has 1 aromatic carbocycles. The summed E-state index contributed by atoms with van der Waals surface area (Å²) in [5.74, 6) is -1.31. The minimum absolute atomic E-state index is 0.127. The highest BCUT2D eigenvalue weighted by atomic mass is 16.5. The molecule has 1 amide bonds. The van der Waals surface area contributed by atoms with Crippen molar-refractivity contribution >= 4 is 17.6 Å². The monoisotopic (exact) mass is 329 g/mol. The summed E-state index contributed by atoms with van der Waals surface area (Å²) in [6.07, 6.45) is 0. The van der Waals surface area contributed by atoms with Crippen LogP contribution in [0.4, 0.5) is 5.69 Å². The third kappa shape index (κ3) is 2.62. The van der Waals surface area contributed by atoms with Gasteiger partial charge in [-0.1, -0.05) is 18.2 Å². The summed E-state index contributed by atoms with van der Waals surface area (Å²) in [5, 5.41) is 13.6. The maximum atomic E-state index is 12.6. The number of hydrogen-bond acceptors (Lipinski definition) is 4. The quantitative estimate of drug-likeness (QED) is 0.921. The zero-order valence-electron chi connectivity index (χ0n) is 13.8. The van der Waals surface area contributed by atoms with Crippen LogP contribution in [-0.4, -0.2) is 39.9 Å². The smallest absolute Gasteiger partial charge is 0.312 e. The number of benzene rings is 1. The number of carboxylic acids is 1. The van der Waals surface area contributed by atoms with Crippen LogP contribution in [0.5, 0.6) is 5.75 Å². The molecule has 0 saturated carbocycles. The van der Waals surface area contributed by atoms with E-state index in [2.05, 4.69) is 5.10 Å². The molecule has 3 rings (SSSR count). The van der Waals surface area contributed by atoms with Crippen molar-refractivity contribution in [3.8, 4) is 5.75 Å². The van der Waals surface area contributed by atoms with Crippen LogP contribution in [0.15, 0.2) is 24.3 Å². The van der Waals surface area contributed by atoms with Gasteiger partial charge in [-0.15, -0.1) is 0 Å². The van der Waals surface area contributed by atoms with Crippen molar-refractivity contribution in [2.45, 2.75) is 19.8 Å². The molecule has 7 heteroatoms. The van der Waals surface area contributed by atoms with E-state index in [1.165, 1.54) is 4.90 Å². The van der Waals surface area contributed by atoms with Crippen molar-refractivity contribution in [3.05, 3.63) is 41.2 Å². The molecule has 1 aliphatic heterocycles. The Hall–Kier alpha value is -2.83. The summed E-state index contributed by atoms with van der Waals surface area (Å²) in [4.78, 5) is 25.5. The third-order valence-electron chi connectivity index (χ3n) is 4.35. The van der Waals surface area contributed by atoms with E-state index in [0.717, 1.165) is 5.69 Å². The van der Waals surface area contributed by atoms with E-state index in [4.69, 9.17) is 4.74 Å². The number of amides is 1. The Morgan fingerprint density at radius 2 is 2.04 bits per heavy atom.